The third-order valence-corrected chi connectivity index (χ3v) is 2.45. The Bertz CT molecular complexity index is 429. The minimum atomic E-state index is -0.628. The number of nitrogens with zero attached hydrogens (tertiary/aromatic N) is 1. The number of amides is 1. The van der Waals surface area contributed by atoms with Crippen LogP contribution in [-0.2, 0) is 4.79 Å². The molecular formula is C12H13BrN2O2. The van der Waals surface area contributed by atoms with Crippen molar-refractivity contribution in [2.24, 2.45) is 4.99 Å². The van der Waals surface area contributed by atoms with Crippen LogP contribution in [0.25, 0.3) is 6.08 Å². The molecule has 17 heavy (non-hydrogen) atoms. The summed E-state index contributed by atoms with van der Waals surface area (Å²) in [6, 6.07) is 9.10. The van der Waals surface area contributed by atoms with E-state index in [9.17, 15) is 4.79 Å². The topological polar surface area (TPSA) is 61.7 Å². The predicted molar refractivity (Wildman–Crippen MR) is 71.2 cm³/mol. The number of allylic oxidation sites excluding steroid dienone is 1. The van der Waals surface area contributed by atoms with Gasteiger partial charge in [-0.1, -0.05) is 30.3 Å². The predicted octanol–water partition coefficient (Wildman–Crippen LogP) is 2.39. The lowest BCUT2D eigenvalue weighted by atomic mass is 10.2. The Morgan fingerprint density at radius 2 is 2.12 bits per heavy atom. The monoisotopic (exact) mass is 296 g/mol. The SMILES string of the molecule is CC(N=CC(Br)=Cc1ccccc1)C(=O)NO. The average molecular weight is 297 g/mol. The number of carbonyl (C=O) groups is 1. The first kappa shape index (κ1) is 13.6. The molecule has 4 nitrogen and oxygen atoms in total. The lowest BCUT2D eigenvalue weighted by Crippen LogP contribution is -2.28. The molecule has 0 saturated heterocycles. The molecule has 0 radical (unpaired) electrons. The van der Waals surface area contributed by atoms with Crippen molar-refractivity contribution in [3.8, 4) is 0 Å². The minimum Gasteiger partial charge on any atom is -0.289 e. The van der Waals surface area contributed by atoms with Gasteiger partial charge in [0.05, 0.1) is 0 Å². The number of halogens is 1. The van der Waals surface area contributed by atoms with Crippen LogP contribution in [0.1, 0.15) is 12.5 Å². The van der Waals surface area contributed by atoms with Crippen molar-refractivity contribution < 1.29 is 10.0 Å². The van der Waals surface area contributed by atoms with E-state index in [0.717, 1.165) is 10.0 Å². The van der Waals surface area contributed by atoms with Gasteiger partial charge in [-0.05, 0) is 34.5 Å². The standard InChI is InChI=1S/C12H13BrN2O2/c1-9(12(16)15-17)14-8-11(13)7-10-5-3-2-4-6-10/h2-9,17H,1H3,(H,15,16). The van der Waals surface area contributed by atoms with Crippen LogP contribution in [0.4, 0.5) is 0 Å². The van der Waals surface area contributed by atoms with Gasteiger partial charge in [-0.25, -0.2) is 5.48 Å². The molecule has 0 saturated carbocycles. The maximum atomic E-state index is 11.0. The molecule has 1 atom stereocenters. The highest BCUT2D eigenvalue weighted by molar-refractivity contribution is 9.12. The number of carbonyl (C=O) groups excluding carboxylic acids is 1. The first-order chi connectivity index (χ1) is 8.13. The maximum Gasteiger partial charge on any atom is 0.267 e. The average Bonchev–Trinajstić information content (AvgIpc) is 2.36. The quantitative estimate of drug-likeness (QED) is 0.509. The van der Waals surface area contributed by atoms with Gasteiger partial charge in [-0.2, -0.15) is 0 Å². The van der Waals surface area contributed by atoms with Crippen molar-refractivity contribution >= 4 is 34.1 Å². The minimum absolute atomic E-state index is 0.540. The van der Waals surface area contributed by atoms with E-state index < -0.39 is 11.9 Å². The molecule has 1 unspecified atom stereocenters. The van der Waals surface area contributed by atoms with E-state index in [2.05, 4.69) is 20.9 Å². The van der Waals surface area contributed by atoms with E-state index in [1.54, 1.807) is 12.4 Å². The van der Waals surface area contributed by atoms with Gasteiger partial charge in [-0.15, -0.1) is 0 Å². The van der Waals surface area contributed by atoms with Crippen molar-refractivity contribution in [3.05, 3.63) is 40.4 Å². The number of benzene rings is 1. The highest BCUT2D eigenvalue weighted by Gasteiger charge is 2.07. The van der Waals surface area contributed by atoms with Gasteiger partial charge in [0.25, 0.3) is 5.91 Å². The van der Waals surface area contributed by atoms with Crippen molar-refractivity contribution in [1.82, 2.24) is 5.48 Å². The van der Waals surface area contributed by atoms with E-state index in [4.69, 9.17) is 5.21 Å². The van der Waals surface area contributed by atoms with E-state index in [1.165, 1.54) is 6.21 Å². The number of hydrogen-bond acceptors (Lipinski definition) is 3. The van der Waals surface area contributed by atoms with Crippen LogP contribution in [0.5, 0.6) is 0 Å². The zero-order valence-electron chi connectivity index (χ0n) is 9.30. The molecule has 0 aliphatic rings. The van der Waals surface area contributed by atoms with Gasteiger partial charge in [0.15, 0.2) is 0 Å². The van der Waals surface area contributed by atoms with E-state index >= 15 is 0 Å². The summed E-state index contributed by atoms with van der Waals surface area (Å²) in [5.41, 5.74) is 2.58. The zero-order chi connectivity index (χ0) is 12.7. The second-order valence-electron chi connectivity index (χ2n) is 3.37. The second-order valence-corrected chi connectivity index (χ2v) is 4.29. The fourth-order valence-electron chi connectivity index (χ4n) is 1.09. The molecule has 5 heteroatoms. The van der Waals surface area contributed by atoms with Gasteiger partial charge in [0, 0.05) is 10.7 Å². The maximum absolute atomic E-state index is 11.0. The highest BCUT2D eigenvalue weighted by atomic mass is 79.9. The summed E-state index contributed by atoms with van der Waals surface area (Å²) >= 11 is 3.33. The first-order valence-electron chi connectivity index (χ1n) is 5.03. The fourth-order valence-corrected chi connectivity index (χ4v) is 1.47. The molecule has 90 valence electrons. The zero-order valence-corrected chi connectivity index (χ0v) is 10.9. The molecule has 2 N–H and O–H groups in total. The van der Waals surface area contributed by atoms with Crippen molar-refractivity contribution in [2.45, 2.75) is 13.0 Å². The molecule has 1 amide bonds. The number of nitrogens with one attached hydrogen (secondary N) is 1. The Kier molecular flexibility index (Phi) is 5.59. The van der Waals surface area contributed by atoms with Gasteiger partial charge >= 0.3 is 0 Å². The van der Waals surface area contributed by atoms with Crippen LogP contribution in [0.2, 0.25) is 0 Å². The number of hydroxylamine groups is 1. The first-order valence-corrected chi connectivity index (χ1v) is 5.82. The van der Waals surface area contributed by atoms with Crippen molar-refractivity contribution in [2.75, 3.05) is 0 Å². The lowest BCUT2D eigenvalue weighted by molar-refractivity contribution is -0.130. The Hall–Kier alpha value is -1.46. The second kappa shape index (κ2) is 6.98. The highest BCUT2D eigenvalue weighted by Crippen LogP contribution is 2.10. The largest absolute Gasteiger partial charge is 0.289 e. The van der Waals surface area contributed by atoms with Crippen LogP contribution in [-0.4, -0.2) is 23.4 Å². The van der Waals surface area contributed by atoms with Crippen LogP contribution in [0.15, 0.2) is 39.8 Å². The number of hydrogen-bond donors (Lipinski definition) is 2. The van der Waals surface area contributed by atoms with Gasteiger partial charge in [0.1, 0.15) is 6.04 Å². The van der Waals surface area contributed by atoms with Crippen LogP contribution in [0.3, 0.4) is 0 Å². The molecule has 0 aliphatic carbocycles. The fraction of sp³-hybridized carbons (Fsp3) is 0.167. The van der Waals surface area contributed by atoms with Crippen molar-refractivity contribution in [1.29, 1.82) is 0 Å². The summed E-state index contributed by atoms with van der Waals surface area (Å²) < 4.78 is 0.751. The van der Waals surface area contributed by atoms with Crippen LogP contribution >= 0.6 is 15.9 Å². The summed E-state index contributed by atoms with van der Waals surface area (Å²) in [6.07, 6.45) is 3.42. The summed E-state index contributed by atoms with van der Waals surface area (Å²) in [5, 5.41) is 8.41. The molecule has 0 spiro atoms. The molecule has 0 heterocycles. The number of aliphatic imine (C=N–C) groups is 1. The normalized spacial score (nSPS) is 13.7. The van der Waals surface area contributed by atoms with Gasteiger partial charge in [-0.3, -0.25) is 15.0 Å². The molecule has 1 rings (SSSR count). The molecule has 0 bridgehead atoms. The van der Waals surface area contributed by atoms with E-state index in [0.29, 0.717) is 0 Å². The summed E-state index contributed by atoms with van der Waals surface area (Å²) in [7, 11) is 0. The van der Waals surface area contributed by atoms with Crippen LogP contribution in [0, 0.1) is 0 Å². The molecule has 0 aromatic heterocycles. The lowest BCUT2D eigenvalue weighted by Gasteiger charge is -2.01. The summed E-state index contributed by atoms with van der Waals surface area (Å²) in [6.45, 7) is 1.59. The summed E-state index contributed by atoms with van der Waals surface area (Å²) in [4.78, 5) is 15.0. The van der Waals surface area contributed by atoms with Crippen molar-refractivity contribution in [3.63, 3.8) is 0 Å². The Balaban J connectivity index is 2.66. The van der Waals surface area contributed by atoms with Gasteiger partial charge in [0.2, 0.25) is 0 Å². The smallest absolute Gasteiger partial charge is 0.267 e. The van der Waals surface area contributed by atoms with Crippen LogP contribution < -0.4 is 5.48 Å². The molecule has 1 aromatic rings. The Morgan fingerprint density at radius 1 is 1.47 bits per heavy atom. The Morgan fingerprint density at radius 3 is 2.71 bits per heavy atom. The van der Waals surface area contributed by atoms with E-state index in [-0.39, 0.29) is 0 Å². The third kappa shape index (κ3) is 4.93. The third-order valence-electron chi connectivity index (χ3n) is 2.02. The summed E-state index contributed by atoms with van der Waals surface area (Å²) in [5.74, 6) is -0.540. The molecule has 0 fully saturated rings. The molecule has 1 aromatic carbocycles. The Labute approximate surface area is 108 Å². The molecule has 0 aliphatic heterocycles. The van der Waals surface area contributed by atoms with Gasteiger partial charge < -0.3 is 0 Å². The van der Waals surface area contributed by atoms with E-state index in [1.807, 2.05) is 36.4 Å². The number of rotatable bonds is 4. The molecular weight excluding hydrogens is 284 g/mol.